The van der Waals surface area contributed by atoms with Crippen LogP contribution >= 0.6 is 11.3 Å². The lowest BCUT2D eigenvalue weighted by atomic mass is 10.1. The minimum atomic E-state index is 0.226. The zero-order valence-electron chi connectivity index (χ0n) is 9.95. The van der Waals surface area contributed by atoms with Gasteiger partial charge in [0.2, 0.25) is 5.91 Å². The number of nitrogens with zero attached hydrogens (tertiary/aromatic N) is 1. The summed E-state index contributed by atoms with van der Waals surface area (Å²) in [4.78, 5) is 15.5. The lowest BCUT2D eigenvalue weighted by Gasteiger charge is -2.26. The number of amides is 1. The fraction of sp³-hybridized carbons (Fsp3) is 0.615. The molecule has 3 nitrogen and oxygen atoms in total. The number of hydrogen-bond donors (Lipinski definition) is 1. The molecule has 0 spiro atoms. The van der Waals surface area contributed by atoms with Crippen molar-refractivity contribution >= 4 is 17.2 Å². The van der Waals surface area contributed by atoms with Crippen molar-refractivity contribution in [1.29, 1.82) is 0 Å². The lowest BCUT2D eigenvalue weighted by molar-refractivity contribution is -0.121. The number of hydrogen-bond acceptors (Lipinski definition) is 3. The molecule has 17 heavy (non-hydrogen) atoms. The van der Waals surface area contributed by atoms with Gasteiger partial charge in [0.25, 0.3) is 0 Å². The average Bonchev–Trinajstić information content (AvgIpc) is 3.01. The normalized spacial score (nSPS) is 20.0. The van der Waals surface area contributed by atoms with Gasteiger partial charge in [-0.1, -0.05) is 0 Å². The Bertz CT molecular complexity index is 411. The minimum absolute atomic E-state index is 0.226. The smallest absolute Gasteiger partial charge is 0.221 e. The Hall–Kier alpha value is -0.870. The quantitative estimate of drug-likeness (QED) is 0.883. The van der Waals surface area contributed by atoms with Gasteiger partial charge in [0, 0.05) is 37.0 Å². The third kappa shape index (κ3) is 2.87. The van der Waals surface area contributed by atoms with Crippen LogP contribution in [0.1, 0.15) is 29.7 Å². The Morgan fingerprint density at radius 3 is 3.24 bits per heavy atom. The van der Waals surface area contributed by atoms with E-state index in [9.17, 15) is 4.79 Å². The highest BCUT2D eigenvalue weighted by molar-refractivity contribution is 7.10. The van der Waals surface area contributed by atoms with E-state index in [1.165, 1.54) is 23.3 Å². The van der Waals surface area contributed by atoms with Crippen LogP contribution in [0.15, 0.2) is 11.4 Å². The number of nitrogens with one attached hydrogen (secondary N) is 1. The van der Waals surface area contributed by atoms with Gasteiger partial charge in [-0.3, -0.25) is 9.69 Å². The molecule has 0 bridgehead atoms. The number of fused-ring (bicyclic) bond motifs is 1. The maximum absolute atomic E-state index is 11.6. The molecule has 0 atom stereocenters. The Morgan fingerprint density at radius 2 is 2.41 bits per heavy atom. The molecule has 1 N–H and O–H groups in total. The van der Waals surface area contributed by atoms with Crippen molar-refractivity contribution in [2.75, 3.05) is 13.1 Å². The molecule has 1 aromatic rings. The van der Waals surface area contributed by atoms with Gasteiger partial charge in [-0.15, -0.1) is 11.3 Å². The fourth-order valence-corrected chi connectivity index (χ4v) is 3.17. The highest BCUT2D eigenvalue weighted by Crippen LogP contribution is 2.24. The molecule has 2 heterocycles. The van der Waals surface area contributed by atoms with Crippen molar-refractivity contribution < 1.29 is 4.79 Å². The highest BCUT2D eigenvalue weighted by Gasteiger charge is 2.23. The summed E-state index contributed by atoms with van der Waals surface area (Å²) in [6.45, 7) is 3.02. The van der Waals surface area contributed by atoms with Gasteiger partial charge in [-0.25, -0.2) is 0 Å². The van der Waals surface area contributed by atoms with Gasteiger partial charge in [-0.05, 0) is 36.3 Å². The van der Waals surface area contributed by atoms with Crippen LogP contribution in [0, 0.1) is 0 Å². The van der Waals surface area contributed by atoms with E-state index < -0.39 is 0 Å². The van der Waals surface area contributed by atoms with Crippen LogP contribution in [0.25, 0.3) is 0 Å². The van der Waals surface area contributed by atoms with E-state index in [0.717, 1.165) is 26.1 Å². The maximum Gasteiger partial charge on any atom is 0.221 e. The summed E-state index contributed by atoms with van der Waals surface area (Å²) in [5.41, 5.74) is 1.46. The molecule has 2 aliphatic rings. The summed E-state index contributed by atoms with van der Waals surface area (Å²) in [5, 5.41) is 5.22. The van der Waals surface area contributed by atoms with Gasteiger partial charge < -0.3 is 5.32 Å². The molecule has 3 rings (SSSR count). The summed E-state index contributed by atoms with van der Waals surface area (Å²) < 4.78 is 0. The predicted molar refractivity (Wildman–Crippen MR) is 69.1 cm³/mol. The van der Waals surface area contributed by atoms with E-state index in [2.05, 4.69) is 21.7 Å². The molecule has 4 heteroatoms. The molecule has 0 aromatic carbocycles. The van der Waals surface area contributed by atoms with Crippen molar-refractivity contribution in [3.63, 3.8) is 0 Å². The van der Waals surface area contributed by atoms with Gasteiger partial charge in [-0.2, -0.15) is 0 Å². The summed E-state index contributed by atoms with van der Waals surface area (Å²) in [6.07, 6.45) is 4.15. The fourth-order valence-electron chi connectivity index (χ4n) is 2.28. The average molecular weight is 250 g/mol. The van der Waals surface area contributed by atoms with Gasteiger partial charge in [0.05, 0.1) is 0 Å². The summed E-state index contributed by atoms with van der Waals surface area (Å²) in [7, 11) is 0. The molecule has 0 radical (unpaired) electrons. The van der Waals surface area contributed by atoms with Crippen molar-refractivity contribution in [3.8, 4) is 0 Å². The molecule has 1 amide bonds. The largest absolute Gasteiger partial charge is 0.353 e. The lowest BCUT2D eigenvalue weighted by Crippen LogP contribution is -2.34. The SMILES string of the molecule is O=C(CCN1CCc2sccc2C1)NC1CC1. The van der Waals surface area contributed by atoms with E-state index in [0.29, 0.717) is 12.5 Å². The van der Waals surface area contributed by atoms with E-state index in [1.54, 1.807) is 0 Å². The Balaban J connectivity index is 1.45. The van der Waals surface area contributed by atoms with Crippen LogP contribution in [-0.4, -0.2) is 29.9 Å². The van der Waals surface area contributed by atoms with E-state index in [-0.39, 0.29) is 5.91 Å². The van der Waals surface area contributed by atoms with Crippen molar-refractivity contribution in [3.05, 3.63) is 21.9 Å². The number of carbonyl (C=O) groups is 1. The van der Waals surface area contributed by atoms with Crippen molar-refractivity contribution in [1.82, 2.24) is 10.2 Å². The van der Waals surface area contributed by atoms with E-state index >= 15 is 0 Å². The third-order valence-corrected chi connectivity index (χ3v) is 4.51. The zero-order valence-corrected chi connectivity index (χ0v) is 10.8. The third-order valence-electron chi connectivity index (χ3n) is 3.48. The van der Waals surface area contributed by atoms with Gasteiger partial charge in [0.15, 0.2) is 0 Å². The Labute approximate surface area is 106 Å². The Morgan fingerprint density at radius 1 is 1.53 bits per heavy atom. The topological polar surface area (TPSA) is 32.3 Å². The first-order chi connectivity index (χ1) is 8.31. The maximum atomic E-state index is 11.6. The molecule has 1 aromatic heterocycles. The number of thiophene rings is 1. The summed E-state index contributed by atoms with van der Waals surface area (Å²) in [6, 6.07) is 2.71. The van der Waals surface area contributed by atoms with Gasteiger partial charge >= 0.3 is 0 Å². The standard InChI is InChI=1S/C13H18N2OS/c16-13(14-11-1-2-11)4-7-15-6-3-12-10(9-15)5-8-17-12/h5,8,11H,1-4,6-7,9H2,(H,14,16). The molecular weight excluding hydrogens is 232 g/mol. The monoisotopic (exact) mass is 250 g/mol. The molecule has 1 saturated carbocycles. The van der Waals surface area contributed by atoms with Gasteiger partial charge in [0.1, 0.15) is 0 Å². The summed E-state index contributed by atoms with van der Waals surface area (Å²) in [5.74, 6) is 0.226. The minimum Gasteiger partial charge on any atom is -0.353 e. The molecule has 0 unspecified atom stereocenters. The molecule has 1 fully saturated rings. The first-order valence-electron chi connectivity index (χ1n) is 6.38. The zero-order chi connectivity index (χ0) is 11.7. The first-order valence-corrected chi connectivity index (χ1v) is 7.26. The van der Waals surface area contributed by atoms with Crippen LogP contribution < -0.4 is 5.32 Å². The highest BCUT2D eigenvalue weighted by atomic mass is 32.1. The van der Waals surface area contributed by atoms with Crippen LogP contribution in [0.5, 0.6) is 0 Å². The summed E-state index contributed by atoms with van der Waals surface area (Å²) >= 11 is 1.86. The van der Waals surface area contributed by atoms with E-state index in [1.807, 2.05) is 11.3 Å². The predicted octanol–water partition coefficient (Wildman–Crippen LogP) is 1.77. The van der Waals surface area contributed by atoms with Crippen LogP contribution in [0.4, 0.5) is 0 Å². The molecule has 1 aliphatic carbocycles. The second kappa shape index (κ2) is 4.78. The number of rotatable bonds is 4. The number of carbonyl (C=O) groups excluding carboxylic acids is 1. The molecule has 92 valence electrons. The van der Waals surface area contributed by atoms with Crippen LogP contribution in [0.2, 0.25) is 0 Å². The second-order valence-corrected chi connectivity index (χ2v) is 5.99. The van der Waals surface area contributed by atoms with E-state index in [4.69, 9.17) is 0 Å². The van der Waals surface area contributed by atoms with Crippen LogP contribution in [0.3, 0.4) is 0 Å². The molecular formula is C13H18N2OS. The first kappa shape index (κ1) is 11.2. The molecule has 0 saturated heterocycles. The van der Waals surface area contributed by atoms with Crippen molar-refractivity contribution in [2.24, 2.45) is 0 Å². The Kier molecular flexibility index (Phi) is 3.16. The van der Waals surface area contributed by atoms with Crippen molar-refractivity contribution in [2.45, 2.75) is 38.3 Å². The molecule has 1 aliphatic heterocycles. The van der Waals surface area contributed by atoms with Crippen LogP contribution in [-0.2, 0) is 17.8 Å². The second-order valence-electron chi connectivity index (χ2n) is 4.99.